The van der Waals surface area contributed by atoms with E-state index in [0.717, 1.165) is 22.2 Å². The van der Waals surface area contributed by atoms with E-state index in [4.69, 9.17) is 5.73 Å². The van der Waals surface area contributed by atoms with Crippen LogP contribution in [-0.4, -0.2) is 15.8 Å². The quantitative estimate of drug-likeness (QED) is 0.520. The summed E-state index contributed by atoms with van der Waals surface area (Å²) >= 11 is 0. The molecule has 2 N–H and O–H groups in total. The number of benzene rings is 1. The van der Waals surface area contributed by atoms with Crippen LogP contribution in [0.3, 0.4) is 0 Å². The maximum absolute atomic E-state index is 5.87. The van der Waals surface area contributed by atoms with Crippen molar-refractivity contribution in [3.05, 3.63) is 60.5 Å². The summed E-state index contributed by atoms with van der Waals surface area (Å²) in [5.74, 6) is 0.527. The Labute approximate surface area is 134 Å². The van der Waals surface area contributed by atoms with Crippen molar-refractivity contribution in [2.45, 2.75) is 33.7 Å². The number of amidine groups is 1. The smallest absolute Gasteiger partial charge is 0.121 e. The van der Waals surface area contributed by atoms with E-state index in [2.05, 4.69) is 35.4 Å². The maximum atomic E-state index is 5.87. The second-order valence-electron chi connectivity index (χ2n) is 4.87. The van der Waals surface area contributed by atoms with Gasteiger partial charge in [0.2, 0.25) is 0 Å². The Kier molecular flexibility index (Phi) is 7.54. The predicted molar refractivity (Wildman–Crippen MR) is 96.9 cm³/mol. The van der Waals surface area contributed by atoms with Gasteiger partial charge in [-0.25, -0.2) is 0 Å². The minimum atomic E-state index is 0. The molecular weight excluding hydrogens is 272 g/mol. The minimum absolute atomic E-state index is 0. The second-order valence-corrected chi connectivity index (χ2v) is 4.87. The fourth-order valence-electron chi connectivity index (χ4n) is 1.67. The topological polar surface area (TPSA) is 64.2 Å². The molecule has 0 bridgehead atoms. The van der Waals surface area contributed by atoms with Gasteiger partial charge in [0.25, 0.3) is 0 Å². The number of hydrogen-bond donors (Lipinski definition) is 1. The van der Waals surface area contributed by atoms with E-state index < -0.39 is 0 Å². The summed E-state index contributed by atoms with van der Waals surface area (Å²) < 4.78 is 0. The van der Waals surface area contributed by atoms with Gasteiger partial charge < -0.3 is 5.73 Å². The molecule has 2 aromatic rings. The molecule has 1 heterocycles. The number of hydrogen-bond acceptors (Lipinski definition) is 3. The molecule has 0 atom stereocenters. The molecule has 1 aromatic heterocycles. The average Bonchev–Trinajstić information content (AvgIpc) is 2.53. The maximum Gasteiger partial charge on any atom is 0.121 e. The van der Waals surface area contributed by atoms with Gasteiger partial charge in [0.15, 0.2) is 0 Å². The highest BCUT2D eigenvalue weighted by atomic mass is 14.8. The van der Waals surface area contributed by atoms with Gasteiger partial charge in [-0.05, 0) is 30.2 Å². The van der Waals surface area contributed by atoms with Crippen LogP contribution < -0.4 is 5.73 Å². The molecule has 118 valence electrons. The molecule has 0 amide bonds. The van der Waals surface area contributed by atoms with Crippen LogP contribution in [-0.2, 0) is 6.54 Å². The lowest BCUT2D eigenvalue weighted by atomic mass is 10.2. The average molecular weight is 298 g/mol. The van der Waals surface area contributed by atoms with Gasteiger partial charge in [0, 0.05) is 13.8 Å². The Morgan fingerprint density at radius 2 is 1.91 bits per heavy atom. The van der Waals surface area contributed by atoms with E-state index in [1.165, 1.54) is 6.42 Å². The number of aliphatic imine (C=N–C) groups is 1. The summed E-state index contributed by atoms with van der Waals surface area (Å²) in [5, 5.41) is 0. The van der Waals surface area contributed by atoms with E-state index in [1.807, 2.05) is 31.2 Å². The summed E-state index contributed by atoms with van der Waals surface area (Å²) in [6, 6.07) is 5.90. The molecule has 0 aliphatic rings. The molecule has 0 aliphatic heterocycles. The summed E-state index contributed by atoms with van der Waals surface area (Å²) in [6.45, 7) is 10.3. The summed E-state index contributed by atoms with van der Waals surface area (Å²) in [4.78, 5) is 12.8. The monoisotopic (exact) mass is 298 g/mol. The van der Waals surface area contributed by atoms with Gasteiger partial charge in [0.05, 0.1) is 17.6 Å². The molecule has 22 heavy (non-hydrogen) atoms. The van der Waals surface area contributed by atoms with Gasteiger partial charge in [0.1, 0.15) is 5.84 Å². The first-order chi connectivity index (χ1) is 10.6. The summed E-state index contributed by atoms with van der Waals surface area (Å²) in [5.41, 5.74) is 9.59. The zero-order valence-corrected chi connectivity index (χ0v) is 13.6. The number of rotatable bonds is 4. The Bertz CT molecular complexity index is 678. The molecule has 0 radical (unpaired) electrons. The van der Waals surface area contributed by atoms with Gasteiger partial charge in [-0.15, -0.1) is 0 Å². The molecular formula is C18H26N4. The predicted octanol–water partition coefficient (Wildman–Crippen LogP) is 4.28. The summed E-state index contributed by atoms with van der Waals surface area (Å²) in [6.07, 6.45) is 8.15. The van der Waals surface area contributed by atoms with Gasteiger partial charge in [-0.1, -0.05) is 45.1 Å². The van der Waals surface area contributed by atoms with Gasteiger partial charge in [-0.2, -0.15) is 0 Å². The molecule has 1 aromatic carbocycles. The molecule has 4 nitrogen and oxygen atoms in total. The SMILES string of the molecule is C=C/C=C(/C)C(N)=NCc1ccc2nccnc2c1.CCC.[HH]. The van der Waals surface area contributed by atoms with Crippen molar-refractivity contribution in [1.29, 1.82) is 0 Å². The Morgan fingerprint density at radius 3 is 2.55 bits per heavy atom. The van der Waals surface area contributed by atoms with E-state index in [0.29, 0.717) is 12.4 Å². The number of fused-ring (bicyclic) bond motifs is 1. The zero-order chi connectivity index (χ0) is 16.4. The Morgan fingerprint density at radius 1 is 1.27 bits per heavy atom. The van der Waals surface area contributed by atoms with Gasteiger partial charge >= 0.3 is 0 Å². The third-order valence-corrected chi connectivity index (χ3v) is 2.74. The third-order valence-electron chi connectivity index (χ3n) is 2.74. The van der Waals surface area contributed by atoms with Crippen LogP contribution in [0.5, 0.6) is 0 Å². The minimum Gasteiger partial charge on any atom is -0.384 e. The van der Waals surface area contributed by atoms with E-state index in [9.17, 15) is 0 Å². The highest BCUT2D eigenvalue weighted by Crippen LogP contribution is 2.11. The van der Waals surface area contributed by atoms with Crippen LogP contribution >= 0.6 is 0 Å². The van der Waals surface area contributed by atoms with E-state index >= 15 is 0 Å². The lowest BCUT2D eigenvalue weighted by molar-refractivity contribution is 1.06. The first-order valence-corrected chi connectivity index (χ1v) is 7.41. The standard InChI is InChI=1S/C15H16N4.C3H8.H2/c1-3-4-11(2)15(16)19-10-12-5-6-13-14(9-12)18-8-7-17-13;1-3-2;/h3-9H,1,10H2,2H3,(H2,16,19);3H2,1-2H3;1H/b11-4-;;. The van der Waals surface area contributed by atoms with Crippen molar-refractivity contribution >= 4 is 16.9 Å². The normalized spacial score (nSPS) is 11.8. The van der Waals surface area contributed by atoms with Crippen LogP contribution in [0.25, 0.3) is 11.0 Å². The number of aromatic nitrogens is 2. The van der Waals surface area contributed by atoms with Crippen LogP contribution in [0.4, 0.5) is 0 Å². The lowest BCUT2D eigenvalue weighted by Gasteiger charge is -2.02. The number of nitrogens with two attached hydrogens (primary N) is 1. The highest BCUT2D eigenvalue weighted by molar-refractivity contribution is 5.96. The first kappa shape index (κ1) is 17.6. The Balaban J connectivity index is 0.00000112. The molecule has 2 rings (SSSR count). The number of nitrogens with zero attached hydrogens (tertiary/aromatic N) is 3. The van der Waals surface area contributed by atoms with Crippen molar-refractivity contribution in [3.8, 4) is 0 Å². The van der Waals surface area contributed by atoms with Crippen LogP contribution in [0, 0.1) is 0 Å². The second kappa shape index (κ2) is 9.45. The lowest BCUT2D eigenvalue weighted by Crippen LogP contribution is -2.13. The van der Waals surface area contributed by atoms with Crippen molar-refractivity contribution in [3.63, 3.8) is 0 Å². The fraction of sp³-hybridized carbons (Fsp3) is 0.278. The van der Waals surface area contributed by atoms with Crippen molar-refractivity contribution in [1.82, 2.24) is 9.97 Å². The molecule has 0 unspecified atom stereocenters. The summed E-state index contributed by atoms with van der Waals surface area (Å²) in [7, 11) is 0. The highest BCUT2D eigenvalue weighted by Gasteiger charge is 1.99. The molecule has 0 fully saturated rings. The largest absolute Gasteiger partial charge is 0.384 e. The van der Waals surface area contributed by atoms with E-state index in [1.54, 1.807) is 18.5 Å². The fourth-order valence-corrected chi connectivity index (χ4v) is 1.67. The molecule has 0 saturated carbocycles. The zero-order valence-electron chi connectivity index (χ0n) is 13.6. The molecule has 0 aliphatic carbocycles. The van der Waals surface area contributed by atoms with Crippen molar-refractivity contribution in [2.24, 2.45) is 10.7 Å². The van der Waals surface area contributed by atoms with Crippen molar-refractivity contribution in [2.75, 3.05) is 0 Å². The molecule has 4 heteroatoms. The van der Waals surface area contributed by atoms with Gasteiger partial charge in [-0.3, -0.25) is 15.0 Å². The first-order valence-electron chi connectivity index (χ1n) is 7.41. The Hall–Kier alpha value is -2.49. The van der Waals surface area contributed by atoms with Crippen LogP contribution in [0.2, 0.25) is 0 Å². The van der Waals surface area contributed by atoms with Crippen LogP contribution in [0.15, 0.2) is 59.9 Å². The van der Waals surface area contributed by atoms with Crippen LogP contribution in [0.1, 0.15) is 34.2 Å². The third kappa shape index (κ3) is 5.48. The molecule has 0 saturated heterocycles. The number of allylic oxidation sites excluding steroid dienone is 2. The van der Waals surface area contributed by atoms with Crippen molar-refractivity contribution < 1.29 is 1.43 Å². The van der Waals surface area contributed by atoms with E-state index in [-0.39, 0.29) is 1.43 Å². The molecule has 0 spiro atoms.